The number of aromatic nitrogens is 1. The van der Waals surface area contributed by atoms with Crippen LogP contribution >= 0.6 is 11.3 Å². The molecule has 2 aromatic heterocycles. The number of hydrogen-bond acceptors (Lipinski definition) is 2. The molecule has 0 amide bonds. The SMILES string of the molecule is c1ccc(N2c3cc(-n4c5ccccc5c5ccccc54)ccc3B3c4sc5ccccc5c4-c4cccc2c43)cc1. The van der Waals surface area contributed by atoms with E-state index in [2.05, 4.69) is 149 Å². The predicted molar refractivity (Wildman–Crippen MR) is 181 cm³/mol. The van der Waals surface area contributed by atoms with Crippen molar-refractivity contribution < 1.29 is 0 Å². The molecule has 2 nitrogen and oxygen atoms in total. The van der Waals surface area contributed by atoms with Gasteiger partial charge in [-0.05, 0) is 80.7 Å². The topological polar surface area (TPSA) is 8.17 Å². The molecule has 0 unspecified atom stereocenters. The van der Waals surface area contributed by atoms with Gasteiger partial charge in [0.25, 0.3) is 6.71 Å². The lowest BCUT2D eigenvalue weighted by Gasteiger charge is -2.36. The zero-order chi connectivity index (χ0) is 27.4. The summed E-state index contributed by atoms with van der Waals surface area (Å²) in [6.07, 6.45) is 0. The summed E-state index contributed by atoms with van der Waals surface area (Å²) in [6.45, 7) is 0.228. The minimum atomic E-state index is 0.228. The highest BCUT2D eigenvalue weighted by atomic mass is 32.1. The molecule has 6 aromatic carbocycles. The second kappa shape index (κ2) is 8.25. The second-order valence-electron chi connectivity index (χ2n) is 11.3. The molecule has 42 heavy (non-hydrogen) atoms. The molecule has 0 spiro atoms. The predicted octanol–water partition coefficient (Wildman–Crippen LogP) is 8.28. The summed E-state index contributed by atoms with van der Waals surface area (Å²) in [6, 6.07) is 51.3. The molecule has 2 aliphatic heterocycles. The van der Waals surface area contributed by atoms with Gasteiger partial charge in [-0.25, -0.2) is 0 Å². The summed E-state index contributed by atoms with van der Waals surface area (Å²) in [5.74, 6) is 0. The smallest absolute Gasteiger partial charge is 0.260 e. The Bertz CT molecular complexity index is 2330. The van der Waals surface area contributed by atoms with Crippen LogP contribution in [0, 0.1) is 0 Å². The molecule has 194 valence electrons. The summed E-state index contributed by atoms with van der Waals surface area (Å²) >= 11 is 1.96. The lowest BCUT2D eigenvalue weighted by atomic mass is 9.39. The number of benzene rings is 6. The van der Waals surface area contributed by atoms with Crippen LogP contribution in [0.2, 0.25) is 0 Å². The van der Waals surface area contributed by atoms with E-state index in [9.17, 15) is 0 Å². The van der Waals surface area contributed by atoms with Gasteiger partial charge >= 0.3 is 0 Å². The molecule has 4 heteroatoms. The molecule has 0 saturated carbocycles. The summed E-state index contributed by atoms with van der Waals surface area (Å²) in [5.41, 5.74) is 13.0. The minimum absolute atomic E-state index is 0.228. The Labute approximate surface area is 247 Å². The van der Waals surface area contributed by atoms with Crippen LogP contribution in [-0.4, -0.2) is 11.3 Å². The maximum Gasteiger partial charge on any atom is 0.260 e. The van der Waals surface area contributed by atoms with E-state index >= 15 is 0 Å². The molecule has 0 bridgehead atoms. The van der Waals surface area contributed by atoms with Crippen molar-refractivity contribution in [3.8, 4) is 16.8 Å². The first-order chi connectivity index (χ1) is 20.9. The van der Waals surface area contributed by atoms with Crippen LogP contribution in [0.4, 0.5) is 17.1 Å². The van der Waals surface area contributed by atoms with E-state index < -0.39 is 0 Å². The van der Waals surface area contributed by atoms with Gasteiger partial charge in [0.15, 0.2) is 0 Å². The first kappa shape index (κ1) is 22.6. The van der Waals surface area contributed by atoms with E-state index in [0.29, 0.717) is 0 Å². The summed E-state index contributed by atoms with van der Waals surface area (Å²) in [4.78, 5) is 2.49. The lowest BCUT2D eigenvalue weighted by molar-refractivity contribution is 1.17. The Morgan fingerprint density at radius 2 is 1.21 bits per heavy atom. The van der Waals surface area contributed by atoms with Crippen molar-refractivity contribution in [3.05, 3.63) is 140 Å². The second-order valence-corrected chi connectivity index (χ2v) is 12.4. The Morgan fingerprint density at radius 3 is 2.00 bits per heavy atom. The maximum absolute atomic E-state index is 2.49. The molecule has 0 saturated heterocycles. The van der Waals surface area contributed by atoms with Crippen molar-refractivity contribution in [2.75, 3.05) is 4.90 Å². The van der Waals surface area contributed by atoms with Gasteiger partial charge in [-0.2, -0.15) is 0 Å². The number of fused-ring (bicyclic) bond motifs is 10. The van der Waals surface area contributed by atoms with Gasteiger partial charge in [0.2, 0.25) is 0 Å². The van der Waals surface area contributed by atoms with Crippen LogP contribution in [-0.2, 0) is 0 Å². The first-order valence-corrected chi connectivity index (χ1v) is 15.3. The Balaban J connectivity index is 1.30. The average Bonchev–Trinajstić information content (AvgIpc) is 3.70. The van der Waals surface area contributed by atoms with Gasteiger partial charge < -0.3 is 9.47 Å². The number of rotatable bonds is 2. The summed E-state index contributed by atoms with van der Waals surface area (Å²) in [7, 11) is 0. The van der Waals surface area contributed by atoms with E-state index in [1.165, 1.54) is 81.5 Å². The third kappa shape index (κ3) is 2.85. The number of hydrogen-bond donors (Lipinski definition) is 0. The van der Waals surface area contributed by atoms with Crippen molar-refractivity contribution in [2.24, 2.45) is 0 Å². The zero-order valence-electron chi connectivity index (χ0n) is 22.7. The number of anilines is 3. The normalized spacial score (nSPS) is 13.1. The van der Waals surface area contributed by atoms with E-state index in [-0.39, 0.29) is 6.71 Å². The fraction of sp³-hybridized carbons (Fsp3) is 0. The standard InChI is InChI=1S/C38H23BN2S/c1-2-11-24(12-3-1)40-33-19-10-16-29-36-28-15-6-9-20-35(28)42-38(36)39(37(29)33)30-22-21-25(23-34(30)40)41-31-17-7-4-13-26(31)27-14-5-8-18-32(27)41/h1-23H. The molecule has 0 N–H and O–H groups in total. The quantitative estimate of drug-likeness (QED) is 0.197. The summed E-state index contributed by atoms with van der Waals surface area (Å²) < 4.78 is 5.27. The Kier molecular flexibility index (Phi) is 4.44. The van der Waals surface area contributed by atoms with Crippen molar-refractivity contribution in [1.29, 1.82) is 0 Å². The third-order valence-corrected chi connectivity index (χ3v) is 10.4. The van der Waals surface area contributed by atoms with E-state index in [1.54, 1.807) is 0 Å². The molecule has 2 aliphatic rings. The molecule has 0 atom stereocenters. The number of para-hydroxylation sites is 3. The van der Waals surface area contributed by atoms with Gasteiger partial charge in [0.05, 0.1) is 11.0 Å². The van der Waals surface area contributed by atoms with E-state index in [0.717, 1.165) is 0 Å². The molecule has 0 aliphatic carbocycles. The van der Waals surface area contributed by atoms with Gasteiger partial charge in [0, 0.05) is 38.2 Å². The first-order valence-electron chi connectivity index (χ1n) is 14.5. The third-order valence-electron chi connectivity index (χ3n) is 9.19. The fourth-order valence-corrected chi connectivity index (χ4v) is 8.89. The maximum atomic E-state index is 2.49. The highest BCUT2D eigenvalue weighted by molar-refractivity contribution is 7.34. The van der Waals surface area contributed by atoms with Crippen LogP contribution in [0.25, 0.3) is 48.7 Å². The lowest BCUT2D eigenvalue weighted by Crippen LogP contribution is -2.54. The minimum Gasteiger partial charge on any atom is -0.311 e. The number of thiophene rings is 1. The molecule has 0 radical (unpaired) electrons. The molecule has 4 heterocycles. The average molecular weight is 550 g/mol. The van der Waals surface area contributed by atoms with Crippen LogP contribution in [0.1, 0.15) is 0 Å². The highest BCUT2D eigenvalue weighted by Crippen LogP contribution is 2.44. The van der Waals surface area contributed by atoms with Crippen molar-refractivity contribution in [1.82, 2.24) is 4.57 Å². The van der Waals surface area contributed by atoms with Gasteiger partial charge in [0.1, 0.15) is 0 Å². The van der Waals surface area contributed by atoms with Crippen LogP contribution in [0.15, 0.2) is 140 Å². The van der Waals surface area contributed by atoms with E-state index in [1.807, 2.05) is 11.3 Å². The Morgan fingerprint density at radius 1 is 0.524 bits per heavy atom. The Hall–Kier alpha value is -5.06. The fourth-order valence-electron chi connectivity index (χ4n) is 7.54. The molecule has 8 aromatic rings. The van der Waals surface area contributed by atoms with Gasteiger partial charge in [-0.1, -0.05) is 91.0 Å². The van der Waals surface area contributed by atoms with Gasteiger partial charge in [-0.15, -0.1) is 11.3 Å². The summed E-state index contributed by atoms with van der Waals surface area (Å²) in [5, 5.41) is 3.94. The van der Waals surface area contributed by atoms with Crippen LogP contribution in [0.5, 0.6) is 0 Å². The van der Waals surface area contributed by atoms with Crippen molar-refractivity contribution in [2.45, 2.75) is 0 Å². The molecular formula is C38H23BN2S. The van der Waals surface area contributed by atoms with Crippen LogP contribution in [0.3, 0.4) is 0 Å². The zero-order valence-corrected chi connectivity index (χ0v) is 23.5. The molecular weight excluding hydrogens is 527 g/mol. The monoisotopic (exact) mass is 550 g/mol. The molecule has 10 rings (SSSR count). The highest BCUT2D eigenvalue weighted by Gasteiger charge is 2.44. The van der Waals surface area contributed by atoms with Crippen molar-refractivity contribution in [3.63, 3.8) is 0 Å². The molecule has 0 fully saturated rings. The largest absolute Gasteiger partial charge is 0.311 e. The number of nitrogens with zero attached hydrogens (tertiary/aromatic N) is 2. The van der Waals surface area contributed by atoms with Gasteiger partial charge in [-0.3, -0.25) is 0 Å². The van der Waals surface area contributed by atoms with Crippen LogP contribution < -0.4 is 20.6 Å². The van der Waals surface area contributed by atoms with Crippen molar-refractivity contribution >= 4 is 82.7 Å². The van der Waals surface area contributed by atoms with E-state index in [4.69, 9.17) is 0 Å².